The van der Waals surface area contributed by atoms with Gasteiger partial charge in [0.25, 0.3) is 11.7 Å². The topological polar surface area (TPSA) is 70.1 Å². The highest BCUT2D eigenvalue weighted by atomic mass is 16.5. The summed E-state index contributed by atoms with van der Waals surface area (Å²) in [6, 6.07) is 21.2. The van der Waals surface area contributed by atoms with Crippen LogP contribution >= 0.6 is 0 Å². The minimum absolute atomic E-state index is 0.0652. The van der Waals surface area contributed by atoms with Crippen molar-refractivity contribution >= 4 is 28.8 Å². The van der Waals surface area contributed by atoms with Gasteiger partial charge in [0.1, 0.15) is 11.5 Å². The predicted octanol–water partition coefficient (Wildman–Crippen LogP) is 5.48. The number of aryl methyl sites for hydroxylation is 1. The molecule has 1 N–H and O–H groups in total. The van der Waals surface area contributed by atoms with Gasteiger partial charge in [-0.25, -0.2) is 0 Å². The standard InChI is InChI=1S/C29H30N2O4/c1-5-18-35-24-16-10-21(11-17-24)27(32)25-26(20-8-14-22(15-9-20)30(3)4)31(29(34)28(25)33)23-12-6-19(2)7-13-23/h6-17,26,32H,5,18H2,1-4H3/b27-25-. The molecule has 0 saturated carbocycles. The number of aliphatic hydroxyl groups excluding tert-OH is 1. The van der Waals surface area contributed by atoms with E-state index in [9.17, 15) is 14.7 Å². The molecule has 1 atom stereocenters. The summed E-state index contributed by atoms with van der Waals surface area (Å²) >= 11 is 0. The van der Waals surface area contributed by atoms with Crippen molar-refractivity contribution in [2.24, 2.45) is 0 Å². The summed E-state index contributed by atoms with van der Waals surface area (Å²) in [7, 11) is 3.89. The van der Waals surface area contributed by atoms with E-state index < -0.39 is 17.7 Å². The molecule has 180 valence electrons. The first kappa shape index (κ1) is 24.1. The van der Waals surface area contributed by atoms with Crippen molar-refractivity contribution in [2.45, 2.75) is 26.3 Å². The normalized spacial score (nSPS) is 17.0. The van der Waals surface area contributed by atoms with Gasteiger partial charge >= 0.3 is 0 Å². The molecule has 1 aliphatic heterocycles. The Morgan fingerprint density at radius 1 is 0.943 bits per heavy atom. The van der Waals surface area contributed by atoms with Crippen LogP contribution in [0.25, 0.3) is 5.76 Å². The van der Waals surface area contributed by atoms with Gasteiger partial charge < -0.3 is 14.7 Å². The molecule has 0 aliphatic carbocycles. The maximum absolute atomic E-state index is 13.3. The van der Waals surface area contributed by atoms with E-state index in [1.54, 1.807) is 24.3 Å². The summed E-state index contributed by atoms with van der Waals surface area (Å²) in [5.41, 5.74) is 3.88. The highest BCUT2D eigenvalue weighted by Crippen LogP contribution is 2.42. The van der Waals surface area contributed by atoms with Crippen LogP contribution in [0, 0.1) is 6.92 Å². The van der Waals surface area contributed by atoms with Crippen molar-refractivity contribution in [1.29, 1.82) is 0 Å². The van der Waals surface area contributed by atoms with Crippen molar-refractivity contribution in [3.05, 3.63) is 95.1 Å². The second kappa shape index (κ2) is 10.1. The molecule has 35 heavy (non-hydrogen) atoms. The number of ether oxygens (including phenoxy) is 1. The quantitative estimate of drug-likeness (QED) is 0.281. The predicted molar refractivity (Wildman–Crippen MR) is 139 cm³/mol. The molecule has 1 heterocycles. The van der Waals surface area contributed by atoms with Gasteiger partial charge in [0.05, 0.1) is 18.2 Å². The van der Waals surface area contributed by atoms with Crippen molar-refractivity contribution < 1.29 is 19.4 Å². The SMILES string of the molecule is CCCOc1ccc(/C(O)=C2/C(=O)C(=O)N(c3ccc(C)cc3)C2c2ccc(N(C)C)cc2)cc1. The fourth-order valence-electron chi connectivity index (χ4n) is 4.16. The lowest BCUT2D eigenvalue weighted by atomic mass is 9.95. The van der Waals surface area contributed by atoms with Crippen molar-refractivity contribution in [3.8, 4) is 5.75 Å². The van der Waals surface area contributed by atoms with E-state index in [1.807, 2.05) is 81.4 Å². The Morgan fingerprint density at radius 3 is 2.14 bits per heavy atom. The average Bonchev–Trinajstić information content (AvgIpc) is 3.13. The van der Waals surface area contributed by atoms with Crippen LogP contribution in [0.1, 0.15) is 36.1 Å². The van der Waals surface area contributed by atoms with Gasteiger partial charge in [-0.3, -0.25) is 14.5 Å². The summed E-state index contributed by atoms with van der Waals surface area (Å²) in [6.45, 7) is 4.58. The van der Waals surface area contributed by atoms with Crippen molar-refractivity contribution in [3.63, 3.8) is 0 Å². The van der Waals surface area contributed by atoms with Gasteiger partial charge in [0.15, 0.2) is 0 Å². The summed E-state index contributed by atoms with van der Waals surface area (Å²) in [6.07, 6.45) is 0.886. The lowest BCUT2D eigenvalue weighted by Crippen LogP contribution is -2.29. The second-order valence-corrected chi connectivity index (χ2v) is 8.86. The molecule has 6 nitrogen and oxygen atoms in total. The van der Waals surface area contributed by atoms with Crippen LogP contribution in [0.15, 0.2) is 78.4 Å². The molecule has 6 heteroatoms. The Kier molecular flexibility index (Phi) is 6.92. The fourth-order valence-corrected chi connectivity index (χ4v) is 4.16. The molecule has 1 amide bonds. The summed E-state index contributed by atoms with van der Waals surface area (Å²) in [5, 5.41) is 11.3. The van der Waals surface area contributed by atoms with Crippen molar-refractivity contribution in [2.75, 3.05) is 30.5 Å². The first-order valence-electron chi connectivity index (χ1n) is 11.7. The van der Waals surface area contributed by atoms with Gasteiger partial charge in [0, 0.05) is 31.0 Å². The third-order valence-corrected chi connectivity index (χ3v) is 6.08. The highest BCUT2D eigenvalue weighted by Gasteiger charge is 2.46. The number of rotatable bonds is 7. The molecule has 0 bridgehead atoms. The number of carbonyl (C=O) groups excluding carboxylic acids is 2. The van der Waals surface area contributed by atoms with Gasteiger partial charge in [-0.2, -0.15) is 0 Å². The van der Waals surface area contributed by atoms with E-state index in [4.69, 9.17) is 4.74 Å². The monoisotopic (exact) mass is 470 g/mol. The number of nitrogens with zero attached hydrogens (tertiary/aromatic N) is 2. The van der Waals surface area contributed by atoms with E-state index in [-0.39, 0.29) is 11.3 Å². The van der Waals surface area contributed by atoms with E-state index in [2.05, 4.69) is 0 Å². The summed E-state index contributed by atoms with van der Waals surface area (Å²) in [4.78, 5) is 30.0. The molecule has 1 saturated heterocycles. The number of aliphatic hydroxyl groups is 1. The van der Waals surface area contributed by atoms with Crippen LogP contribution in [-0.4, -0.2) is 37.5 Å². The molecule has 1 unspecified atom stereocenters. The van der Waals surface area contributed by atoms with Gasteiger partial charge in [0.2, 0.25) is 0 Å². The number of ketones is 1. The maximum atomic E-state index is 13.3. The molecule has 1 aliphatic rings. The van der Waals surface area contributed by atoms with Gasteiger partial charge in [-0.15, -0.1) is 0 Å². The Hall–Kier alpha value is -4.06. The minimum Gasteiger partial charge on any atom is -0.507 e. The van der Waals surface area contributed by atoms with E-state index >= 15 is 0 Å². The molecule has 4 rings (SSSR count). The number of benzene rings is 3. The van der Waals surface area contributed by atoms with Gasteiger partial charge in [-0.05, 0) is 67.4 Å². The van der Waals surface area contributed by atoms with Crippen LogP contribution in [-0.2, 0) is 9.59 Å². The Bertz CT molecular complexity index is 1240. The molecule has 0 spiro atoms. The van der Waals surface area contributed by atoms with E-state index in [0.717, 1.165) is 23.2 Å². The summed E-state index contributed by atoms with van der Waals surface area (Å²) < 4.78 is 5.63. The lowest BCUT2D eigenvalue weighted by molar-refractivity contribution is -0.132. The number of hydrogen-bond acceptors (Lipinski definition) is 5. The second-order valence-electron chi connectivity index (χ2n) is 8.86. The average molecular weight is 471 g/mol. The number of anilines is 2. The molecular formula is C29H30N2O4. The van der Waals surface area contributed by atoms with E-state index in [1.165, 1.54) is 4.90 Å². The zero-order valence-electron chi connectivity index (χ0n) is 20.5. The van der Waals surface area contributed by atoms with Crippen LogP contribution in [0.2, 0.25) is 0 Å². The lowest BCUT2D eigenvalue weighted by Gasteiger charge is -2.26. The third-order valence-electron chi connectivity index (χ3n) is 6.08. The van der Waals surface area contributed by atoms with Crippen molar-refractivity contribution in [1.82, 2.24) is 0 Å². The number of carbonyl (C=O) groups is 2. The number of hydrogen-bond donors (Lipinski definition) is 1. The molecule has 0 radical (unpaired) electrons. The Morgan fingerprint density at radius 2 is 1.57 bits per heavy atom. The fraction of sp³-hybridized carbons (Fsp3) is 0.241. The third kappa shape index (κ3) is 4.78. The minimum atomic E-state index is -0.759. The molecule has 3 aromatic rings. The highest BCUT2D eigenvalue weighted by molar-refractivity contribution is 6.51. The first-order chi connectivity index (χ1) is 16.8. The molecular weight excluding hydrogens is 440 g/mol. The Labute approximate surface area is 206 Å². The Balaban J connectivity index is 1.84. The number of amides is 1. The van der Waals surface area contributed by atoms with E-state index in [0.29, 0.717) is 23.6 Å². The van der Waals surface area contributed by atoms with Crippen LogP contribution in [0.5, 0.6) is 5.75 Å². The van der Waals surface area contributed by atoms with Crippen LogP contribution in [0.3, 0.4) is 0 Å². The van der Waals surface area contributed by atoms with Gasteiger partial charge in [-0.1, -0.05) is 36.8 Å². The van der Waals surface area contributed by atoms with Crippen LogP contribution < -0.4 is 14.5 Å². The zero-order valence-corrected chi connectivity index (χ0v) is 20.5. The summed E-state index contributed by atoms with van der Waals surface area (Å²) in [5.74, 6) is -0.905. The maximum Gasteiger partial charge on any atom is 0.300 e. The number of Topliss-reactive ketones (excluding diaryl/α,β-unsaturated/α-hetero) is 1. The molecule has 0 aromatic heterocycles. The largest absolute Gasteiger partial charge is 0.507 e. The van der Waals surface area contributed by atoms with Crippen LogP contribution in [0.4, 0.5) is 11.4 Å². The molecule has 1 fully saturated rings. The first-order valence-corrected chi connectivity index (χ1v) is 11.7. The zero-order chi connectivity index (χ0) is 25.1. The molecule has 3 aromatic carbocycles. The smallest absolute Gasteiger partial charge is 0.300 e.